The average Bonchev–Trinajstić information content (AvgIpc) is 2.91. The maximum absolute atomic E-state index is 14.9. The van der Waals surface area contributed by atoms with Crippen LogP contribution in [-0.4, -0.2) is 7.11 Å². The van der Waals surface area contributed by atoms with E-state index in [1.54, 1.807) is 13.2 Å². The standard InChI is InChI=1S/C33H35F2OP/c1-4-18-33(5-2,37-31-17-16-28(34)23-30(31)35)29-22-26(19-24-12-8-6-9-13-24)21-27(32(29)36-3)20-25-14-10-7-11-15-25/h6-17,21-23,37H,4-5,18-20H2,1-3H3. The number of hydrogen-bond donors (Lipinski definition) is 0. The van der Waals surface area contributed by atoms with E-state index in [9.17, 15) is 8.78 Å². The molecule has 1 nitrogen and oxygen atoms in total. The molecule has 0 fully saturated rings. The van der Waals surface area contributed by atoms with E-state index in [1.165, 1.54) is 22.8 Å². The molecule has 0 N–H and O–H groups in total. The molecule has 0 aliphatic rings. The van der Waals surface area contributed by atoms with Crippen LogP contribution in [-0.2, 0) is 18.0 Å². The molecule has 0 radical (unpaired) electrons. The molecule has 0 aliphatic heterocycles. The molecule has 4 heteroatoms. The first-order chi connectivity index (χ1) is 18.0. The van der Waals surface area contributed by atoms with Crippen LogP contribution in [0.5, 0.6) is 5.75 Å². The van der Waals surface area contributed by atoms with Crippen molar-refractivity contribution in [1.82, 2.24) is 0 Å². The van der Waals surface area contributed by atoms with Crippen molar-refractivity contribution in [1.29, 1.82) is 0 Å². The van der Waals surface area contributed by atoms with Gasteiger partial charge in [-0.3, -0.25) is 0 Å². The highest BCUT2D eigenvalue weighted by molar-refractivity contribution is 7.48. The van der Waals surface area contributed by atoms with Crippen LogP contribution >= 0.6 is 8.58 Å². The summed E-state index contributed by atoms with van der Waals surface area (Å²) < 4.78 is 34.8. The van der Waals surface area contributed by atoms with Crippen LogP contribution in [0, 0.1) is 11.6 Å². The second-order valence-electron chi connectivity index (χ2n) is 9.60. The highest BCUT2D eigenvalue weighted by Gasteiger charge is 2.35. The zero-order valence-electron chi connectivity index (χ0n) is 21.9. The van der Waals surface area contributed by atoms with E-state index >= 15 is 0 Å². The first-order valence-electron chi connectivity index (χ1n) is 13.0. The van der Waals surface area contributed by atoms with Gasteiger partial charge in [-0.25, -0.2) is 8.78 Å². The van der Waals surface area contributed by atoms with Gasteiger partial charge in [0.2, 0.25) is 0 Å². The van der Waals surface area contributed by atoms with Gasteiger partial charge in [0.15, 0.2) is 0 Å². The Morgan fingerprint density at radius 1 is 0.757 bits per heavy atom. The fourth-order valence-corrected chi connectivity index (χ4v) is 6.97. The molecule has 192 valence electrons. The van der Waals surface area contributed by atoms with E-state index in [-0.39, 0.29) is 13.7 Å². The van der Waals surface area contributed by atoms with Gasteiger partial charge in [-0.15, -0.1) is 0 Å². The number of benzene rings is 4. The lowest BCUT2D eigenvalue weighted by atomic mass is 9.85. The summed E-state index contributed by atoms with van der Waals surface area (Å²) in [5.41, 5.74) is 5.93. The zero-order chi connectivity index (χ0) is 26.3. The van der Waals surface area contributed by atoms with E-state index in [0.29, 0.717) is 5.30 Å². The van der Waals surface area contributed by atoms with E-state index in [4.69, 9.17) is 4.74 Å². The zero-order valence-corrected chi connectivity index (χ0v) is 22.9. The van der Waals surface area contributed by atoms with Crippen molar-refractivity contribution < 1.29 is 13.5 Å². The van der Waals surface area contributed by atoms with Crippen molar-refractivity contribution in [2.45, 2.75) is 51.1 Å². The van der Waals surface area contributed by atoms with Crippen LogP contribution in [0.2, 0.25) is 0 Å². The van der Waals surface area contributed by atoms with Gasteiger partial charge in [-0.05, 0) is 53.6 Å². The molecule has 0 bridgehead atoms. The largest absolute Gasteiger partial charge is 0.496 e. The third-order valence-electron chi connectivity index (χ3n) is 7.02. The van der Waals surface area contributed by atoms with Crippen LogP contribution in [0.4, 0.5) is 8.78 Å². The molecule has 2 unspecified atom stereocenters. The average molecular weight is 517 g/mol. The predicted molar refractivity (Wildman–Crippen MR) is 153 cm³/mol. The van der Waals surface area contributed by atoms with E-state index in [2.05, 4.69) is 74.5 Å². The van der Waals surface area contributed by atoms with Crippen LogP contribution < -0.4 is 10.0 Å². The fourth-order valence-electron chi connectivity index (χ4n) is 5.23. The molecule has 4 aromatic rings. The molecule has 37 heavy (non-hydrogen) atoms. The van der Waals surface area contributed by atoms with E-state index in [1.807, 2.05) is 12.1 Å². The van der Waals surface area contributed by atoms with Gasteiger partial charge in [0.25, 0.3) is 0 Å². The Balaban J connectivity index is 1.89. The van der Waals surface area contributed by atoms with Crippen molar-refractivity contribution >= 4 is 13.9 Å². The van der Waals surface area contributed by atoms with Gasteiger partial charge in [0.1, 0.15) is 17.4 Å². The molecule has 0 saturated heterocycles. The Kier molecular flexibility index (Phi) is 9.11. The second kappa shape index (κ2) is 12.5. The summed E-state index contributed by atoms with van der Waals surface area (Å²) in [6.07, 6.45) is 4.21. The fraction of sp³-hybridized carbons (Fsp3) is 0.273. The quantitative estimate of drug-likeness (QED) is 0.182. The molecule has 0 aromatic heterocycles. The number of methoxy groups -OCH3 is 1. The van der Waals surface area contributed by atoms with Crippen molar-refractivity contribution in [3.8, 4) is 5.75 Å². The lowest BCUT2D eigenvalue weighted by Gasteiger charge is -2.36. The molecule has 0 heterocycles. The minimum absolute atomic E-state index is 0.152. The molecule has 4 aromatic carbocycles. The molecule has 0 spiro atoms. The predicted octanol–water partition coefficient (Wildman–Crippen LogP) is 8.56. The van der Waals surface area contributed by atoms with Crippen molar-refractivity contribution in [3.05, 3.63) is 130 Å². The van der Waals surface area contributed by atoms with E-state index in [0.717, 1.165) is 55.0 Å². The molecule has 2 atom stereocenters. The SMILES string of the molecule is CCCC(CC)(Pc1ccc(F)cc1F)c1cc(Cc2ccccc2)cc(Cc2ccccc2)c1OC. The summed E-state index contributed by atoms with van der Waals surface area (Å²) in [6, 6.07) is 29.4. The summed E-state index contributed by atoms with van der Waals surface area (Å²) in [5.74, 6) is -0.140. The highest BCUT2D eigenvalue weighted by atomic mass is 31.1. The molecule has 4 rings (SSSR count). The van der Waals surface area contributed by atoms with Crippen molar-refractivity contribution in [3.63, 3.8) is 0 Å². The minimum Gasteiger partial charge on any atom is -0.496 e. The monoisotopic (exact) mass is 516 g/mol. The van der Waals surface area contributed by atoms with Gasteiger partial charge in [0, 0.05) is 28.5 Å². The van der Waals surface area contributed by atoms with Gasteiger partial charge < -0.3 is 4.74 Å². The summed E-state index contributed by atoms with van der Waals surface area (Å²) in [4.78, 5) is 0. The highest BCUT2D eigenvalue weighted by Crippen LogP contribution is 2.52. The van der Waals surface area contributed by atoms with Crippen LogP contribution in [0.1, 0.15) is 60.9 Å². The van der Waals surface area contributed by atoms with Crippen LogP contribution in [0.3, 0.4) is 0 Å². The molecular weight excluding hydrogens is 481 g/mol. The number of ether oxygens (including phenoxy) is 1. The van der Waals surface area contributed by atoms with Gasteiger partial charge >= 0.3 is 0 Å². The molecule has 0 aliphatic carbocycles. The Morgan fingerprint density at radius 2 is 1.41 bits per heavy atom. The summed E-state index contributed by atoms with van der Waals surface area (Å²) in [6.45, 7) is 4.34. The van der Waals surface area contributed by atoms with Gasteiger partial charge in [-0.1, -0.05) is 102 Å². The summed E-state index contributed by atoms with van der Waals surface area (Å²) in [7, 11) is 1.89. The lowest BCUT2D eigenvalue weighted by molar-refractivity contribution is 0.392. The third-order valence-corrected chi connectivity index (χ3v) is 9.05. The Hall–Kier alpha value is -3.03. The first-order valence-corrected chi connectivity index (χ1v) is 14.0. The topological polar surface area (TPSA) is 9.23 Å². The first kappa shape index (κ1) is 27.0. The van der Waals surface area contributed by atoms with Gasteiger partial charge in [-0.2, -0.15) is 0 Å². The maximum atomic E-state index is 14.9. The normalized spacial score (nSPS) is 13.1. The minimum atomic E-state index is -0.545. The molecule has 0 amide bonds. The van der Waals surface area contributed by atoms with Crippen molar-refractivity contribution in [2.24, 2.45) is 0 Å². The summed E-state index contributed by atoms with van der Waals surface area (Å²) in [5, 5.41) is 0.244. The van der Waals surface area contributed by atoms with Crippen molar-refractivity contribution in [2.75, 3.05) is 7.11 Å². The van der Waals surface area contributed by atoms with Crippen LogP contribution in [0.25, 0.3) is 0 Å². The summed E-state index contributed by atoms with van der Waals surface area (Å²) >= 11 is 0. The van der Waals surface area contributed by atoms with E-state index < -0.39 is 11.6 Å². The molecular formula is C33H35F2OP. The Morgan fingerprint density at radius 3 is 1.97 bits per heavy atom. The lowest BCUT2D eigenvalue weighted by Crippen LogP contribution is -2.25. The Bertz CT molecular complexity index is 1310. The van der Waals surface area contributed by atoms with Gasteiger partial charge in [0.05, 0.1) is 7.11 Å². The Labute approximate surface area is 221 Å². The third kappa shape index (κ3) is 6.46. The number of hydrogen-bond acceptors (Lipinski definition) is 1. The molecule has 0 saturated carbocycles. The smallest absolute Gasteiger partial charge is 0.133 e. The number of halogens is 2. The second-order valence-corrected chi connectivity index (χ2v) is 11.3. The number of rotatable bonds is 11. The van der Waals surface area contributed by atoms with Crippen LogP contribution in [0.15, 0.2) is 91.0 Å². The maximum Gasteiger partial charge on any atom is 0.133 e.